The minimum Gasteiger partial charge on any atom is -0.481 e. The van der Waals surface area contributed by atoms with Crippen molar-refractivity contribution in [2.24, 2.45) is 0 Å². The zero-order valence-corrected chi connectivity index (χ0v) is 22.8. The van der Waals surface area contributed by atoms with Gasteiger partial charge in [-0.3, -0.25) is 4.79 Å². The molecule has 0 aliphatic rings. The van der Waals surface area contributed by atoms with Crippen LogP contribution in [0.4, 0.5) is 4.39 Å². The Balaban J connectivity index is 2.03. The SMILES string of the molecule is CC(C)c1nc2c(c(-c3ccccc3)nn2C(C)(C)C)c(-c2ccc(F)cc2)c1C=CCCCCC(=O)O. The Morgan fingerprint density at radius 2 is 1.71 bits per heavy atom. The van der Waals surface area contributed by atoms with Gasteiger partial charge in [0, 0.05) is 23.1 Å². The summed E-state index contributed by atoms with van der Waals surface area (Å²) in [4.78, 5) is 16.1. The molecule has 2 aromatic carbocycles. The Bertz CT molecular complexity index is 1450. The van der Waals surface area contributed by atoms with E-state index in [0.29, 0.717) is 6.42 Å². The van der Waals surface area contributed by atoms with E-state index in [1.165, 1.54) is 12.1 Å². The molecule has 0 radical (unpaired) electrons. The van der Waals surface area contributed by atoms with E-state index in [1.807, 2.05) is 35.0 Å². The third-order valence-electron chi connectivity index (χ3n) is 6.54. The maximum Gasteiger partial charge on any atom is 0.303 e. The maximum absolute atomic E-state index is 14.0. The highest BCUT2D eigenvalue weighted by Gasteiger charge is 2.28. The van der Waals surface area contributed by atoms with Crippen LogP contribution >= 0.6 is 0 Å². The lowest BCUT2D eigenvalue weighted by molar-refractivity contribution is -0.137. The number of nitrogens with zero attached hydrogens (tertiary/aromatic N) is 3. The van der Waals surface area contributed by atoms with Gasteiger partial charge in [0.25, 0.3) is 0 Å². The Kier molecular flexibility index (Phi) is 8.10. The summed E-state index contributed by atoms with van der Waals surface area (Å²) in [5.41, 5.74) is 6.14. The fourth-order valence-electron chi connectivity index (χ4n) is 4.71. The van der Waals surface area contributed by atoms with E-state index in [4.69, 9.17) is 15.2 Å². The lowest BCUT2D eigenvalue weighted by atomic mass is 9.90. The fourth-order valence-corrected chi connectivity index (χ4v) is 4.71. The number of carboxylic acids is 1. The van der Waals surface area contributed by atoms with Crippen LogP contribution in [0.15, 0.2) is 60.7 Å². The molecule has 0 amide bonds. The molecule has 0 bridgehead atoms. The van der Waals surface area contributed by atoms with Crippen LogP contribution in [0.25, 0.3) is 39.5 Å². The van der Waals surface area contributed by atoms with Crippen molar-refractivity contribution in [1.29, 1.82) is 0 Å². The van der Waals surface area contributed by atoms with Gasteiger partial charge in [-0.2, -0.15) is 5.10 Å². The first-order valence-corrected chi connectivity index (χ1v) is 13.2. The van der Waals surface area contributed by atoms with E-state index >= 15 is 0 Å². The quantitative estimate of drug-likeness (QED) is 0.228. The summed E-state index contributed by atoms with van der Waals surface area (Å²) < 4.78 is 16.0. The topological polar surface area (TPSA) is 68.0 Å². The Hall–Kier alpha value is -3.80. The van der Waals surface area contributed by atoms with Crippen molar-refractivity contribution in [3.63, 3.8) is 0 Å². The van der Waals surface area contributed by atoms with Gasteiger partial charge < -0.3 is 5.11 Å². The van der Waals surface area contributed by atoms with Crippen molar-refractivity contribution < 1.29 is 14.3 Å². The van der Waals surface area contributed by atoms with Crippen LogP contribution in [0.5, 0.6) is 0 Å². The number of carbonyl (C=O) groups is 1. The Morgan fingerprint density at radius 1 is 1.03 bits per heavy atom. The zero-order chi connectivity index (χ0) is 27.4. The van der Waals surface area contributed by atoms with E-state index in [2.05, 4.69) is 58.9 Å². The van der Waals surface area contributed by atoms with E-state index < -0.39 is 5.97 Å². The van der Waals surface area contributed by atoms with Gasteiger partial charge >= 0.3 is 5.97 Å². The lowest BCUT2D eigenvalue weighted by Crippen LogP contribution is -2.23. The molecule has 0 aliphatic carbocycles. The number of aromatic nitrogens is 3. The summed E-state index contributed by atoms with van der Waals surface area (Å²) in [6, 6.07) is 16.7. The monoisotopic (exact) mass is 513 g/mol. The molecule has 0 unspecified atom stereocenters. The predicted molar refractivity (Wildman–Crippen MR) is 153 cm³/mol. The molecule has 0 aliphatic heterocycles. The molecule has 0 atom stereocenters. The summed E-state index contributed by atoms with van der Waals surface area (Å²) in [5.74, 6) is -0.922. The van der Waals surface area contributed by atoms with Crippen LogP contribution in [-0.4, -0.2) is 25.8 Å². The van der Waals surface area contributed by atoms with Gasteiger partial charge in [-0.1, -0.05) is 68.5 Å². The lowest BCUT2D eigenvalue weighted by Gasteiger charge is -2.22. The molecule has 4 rings (SSSR count). The second-order valence-electron chi connectivity index (χ2n) is 11.0. The van der Waals surface area contributed by atoms with Crippen molar-refractivity contribution in [3.05, 3.63) is 77.7 Å². The largest absolute Gasteiger partial charge is 0.481 e. The van der Waals surface area contributed by atoms with E-state index in [1.54, 1.807) is 0 Å². The standard InChI is InChI=1S/C32H36FN3O2/c1-21(2)29-25(15-11-6-7-12-16-26(37)38)27(22-17-19-24(33)20-18-22)28-30(23-13-9-8-10-14-23)35-36(31(28)34-29)32(3,4)5/h8-11,13-15,17-21H,6-7,12,16H2,1-5H3,(H,37,38). The second-order valence-corrected chi connectivity index (χ2v) is 11.0. The summed E-state index contributed by atoms with van der Waals surface area (Å²) in [6.07, 6.45) is 6.56. The van der Waals surface area contributed by atoms with E-state index in [-0.39, 0.29) is 23.7 Å². The summed E-state index contributed by atoms with van der Waals surface area (Å²) in [5, 5.41) is 15.0. The van der Waals surface area contributed by atoms with Gasteiger partial charge in [-0.05, 0) is 63.6 Å². The molecule has 6 heteroatoms. The number of benzene rings is 2. The first-order chi connectivity index (χ1) is 18.1. The minimum absolute atomic E-state index is 0.133. The third kappa shape index (κ3) is 5.85. The number of hydrogen-bond donors (Lipinski definition) is 1. The van der Waals surface area contributed by atoms with E-state index in [9.17, 15) is 9.18 Å². The normalized spacial score (nSPS) is 12.2. The van der Waals surface area contributed by atoms with E-state index in [0.717, 1.165) is 57.5 Å². The number of allylic oxidation sites excluding steroid dienone is 1. The predicted octanol–water partition coefficient (Wildman–Crippen LogP) is 8.44. The molecule has 4 aromatic rings. The molecule has 0 saturated heterocycles. The van der Waals surface area contributed by atoms with Gasteiger partial charge in [0.2, 0.25) is 0 Å². The average molecular weight is 514 g/mol. The number of pyridine rings is 1. The molecule has 198 valence electrons. The molecule has 0 saturated carbocycles. The van der Waals surface area contributed by atoms with Gasteiger partial charge in [0.05, 0.1) is 16.6 Å². The minimum atomic E-state index is -0.770. The molecule has 1 N–H and O–H groups in total. The van der Waals surface area contributed by atoms with Crippen LogP contribution in [0, 0.1) is 5.82 Å². The highest BCUT2D eigenvalue weighted by atomic mass is 19.1. The van der Waals surface area contributed by atoms with Crippen molar-refractivity contribution in [3.8, 4) is 22.4 Å². The molecule has 2 aromatic heterocycles. The zero-order valence-electron chi connectivity index (χ0n) is 22.8. The summed E-state index contributed by atoms with van der Waals surface area (Å²) in [7, 11) is 0. The summed E-state index contributed by atoms with van der Waals surface area (Å²) >= 11 is 0. The highest BCUT2D eigenvalue weighted by Crippen LogP contribution is 2.42. The van der Waals surface area contributed by atoms with Crippen LogP contribution in [0.2, 0.25) is 0 Å². The molecule has 5 nitrogen and oxygen atoms in total. The number of fused-ring (bicyclic) bond motifs is 1. The Labute approximate surface area is 224 Å². The average Bonchev–Trinajstić information content (AvgIpc) is 3.26. The molecule has 38 heavy (non-hydrogen) atoms. The van der Waals surface area contributed by atoms with Crippen molar-refractivity contribution in [2.75, 3.05) is 0 Å². The molecular formula is C32H36FN3O2. The molecule has 0 spiro atoms. The molecule has 0 fully saturated rings. The fraction of sp³-hybridized carbons (Fsp3) is 0.344. The van der Waals surface area contributed by atoms with Crippen LogP contribution in [-0.2, 0) is 10.3 Å². The Morgan fingerprint density at radius 3 is 2.32 bits per heavy atom. The first kappa shape index (κ1) is 27.2. The smallest absolute Gasteiger partial charge is 0.303 e. The number of hydrogen-bond acceptors (Lipinski definition) is 3. The number of carboxylic acid groups (broad SMARTS) is 1. The molecular weight excluding hydrogens is 477 g/mol. The number of halogens is 1. The van der Waals surface area contributed by atoms with Crippen molar-refractivity contribution in [1.82, 2.24) is 14.8 Å². The van der Waals surface area contributed by atoms with Gasteiger partial charge in [0.15, 0.2) is 5.65 Å². The molecule has 2 heterocycles. The number of rotatable bonds is 9. The first-order valence-electron chi connectivity index (χ1n) is 13.2. The number of aliphatic carboxylic acids is 1. The second kappa shape index (κ2) is 11.3. The van der Waals surface area contributed by atoms with Gasteiger partial charge in [-0.15, -0.1) is 0 Å². The maximum atomic E-state index is 14.0. The van der Waals surface area contributed by atoms with Crippen LogP contribution in [0.3, 0.4) is 0 Å². The van der Waals surface area contributed by atoms with Crippen LogP contribution < -0.4 is 0 Å². The van der Waals surface area contributed by atoms with Gasteiger partial charge in [-0.25, -0.2) is 14.1 Å². The summed E-state index contributed by atoms with van der Waals surface area (Å²) in [6.45, 7) is 10.6. The third-order valence-corrected chi connectivity index (χ3v) is 6.54. The van der Waals surface area contributed by atoms with Crippen molar-refractivity contribution >= 4 is 23.1 Å². The number of unbranched alkanes of at least 4 members (excludes halogenated alkanes) is 2. The highest BCUT2D eigenvalue weighted by molar-refractivity contribution is 6.06. The van der Waals surface area contributed by atoms with Crippen molar-refractivity contribution in [2.45, 2.75) is 71.8 Å². The van der Waals surface area contributed by atoms with Gasteiger partial charge in [0.1, 0.15) is 11.5 Å². The van der Waals surface area contributed by atoms with Crippen LogP contribution in [0.1, 0.15) is 77.5 Å².